The van der Waals surface area contributed by atoms with E-state index in [4.69, 9.17) is 5.11 Å². The van der Waals surface area contributed by atoms with E-state index in [0.29, 0.717) is 5.92 Å². The summed E-state index contributed by atoms with van der Waals surface area (Å²) in [5.41, 5.74) is 3.14. The lowest BCUT2D eigenvalue weighted by Crippen LogP contribution is -2.05. The smallest absolute Gasteiger partial charge is 0.356 e. The first-order chi connectivity index (χ1) is 9.40. The van der Waals surface area contributed by atoms with E-state index >= 15 is 0 Å². The van der Waals surface area contributed by atoms with E-state index in [0.717, 1.165) is 11.4 Å². The quantitative estimate of drug-likeness (QED) is 0.920. The van der Waals surface area contributed by atoms with Crippen LogP contribution in [0, 0.1) is 0 Å². The van der Waals surface area contributed by atoms with Crippen LogP contribution in [-0.2, 0) is 0 Å². The average Bonchev–Trinajstić information content (AvgIpc) is 2.84. The van der Waals surface area contributed by atoms with Crippen LogP contribution in [-0.4, -0.2) is 20.9 Å². The molecule has 0 amide bonds. The minimum atomic E-state index is -0.996. The van der Waals surface area contributed by atoms with E-state index < -0.39 is 5.97 Å². The molecule has 0 radical (unpaired) electrons. The van der Waals surface area contributed by atoms with Gasteiger partial charge in [0.15, 0.2) is 5.69 Å². The second-order valence-electron chi connectivity index (χ2n) is 5.57. The third-order valence-electron chi connectivity index (χ3n) is 3.35. The Morgan fingerprint density at radius 3 is 2.15 bits per heavy atom. The van der Waals surface area contributed by atoms with Crippen molar-refractivity contribution in [3.8, 4) is 5.69 Å². The highest BCUT2D eigenvalue weighted by molar-refractivity contribution is 5.85. The number of nitrogens with zero attached hydrogens (tertiary/aromatic N) is 2. The van der Waals surface area contributed by atoms with Gasteiger partial charge in [-0.3, -0.25) is 0 Å². The van der Waals surface area contributed by atoms with Gasteiger partial charge in [-0.15, -0.1) is 0 Å². The molecule has 1 heterocycles. The van der Waals surface area contributed by atoms with Crippen molar-refractivity contribution in [2.45, 2.75) is 39.5 Å². The second-order valence-corrected chi connectivity index (χ2v) is 5.57. The third kappa shape index (κ3) is 2.74. The Hall–Kier alpha value is -2.10. The van der Waals surface area contributed by atoms with Crippen LogP contribution >= 0.6 is 0 Å². The number of aromatic carboxylic acids is 1. The molecule has 0 saturated carbocycles. The third-order valence-corrected chi connectivity index (χ3v) is 3.35. The first kappa shape index (κ1) is 14.3. The van der Waals surface area contributed by atoms with E-state index in [9.17, 15) is 4.79 Å². The highest BCUT2D eigenvalue weighted by atomic mass is 16.4. The van der Waals surface area contributed by atoms with Gasteiger partial charge in [0.1, 0.15) is 0 Å². The van der Waals surface area contributed by atoms with E-state index in [-0.39, 0.29) is 11.6 Å². The normalized spacial score (nSPS) is 11.3. The molecule has 0 spiro atoms. The SMILES string of the molecule is CC(C)c1ccc(-n2nc(C(=O)O)cc2C(C)C)cc1. The van der Waals surface area contributed by atoms with Crippen molar-refractivity contribution in [2.75, 3.05) is 0 Å². The topological polar surface area (TPSA) is 55.1 Å². The summed E-state index contributed by atoms with van der Waals surface area (Å²) in [6.07, 6.45) is 0. The van der Waals surface area contributed by atoms with Crippen LogP contribution in [0.1, 0.15) is 61.3 Å². The lowest BCUT2D eigenvalue weighted by Gasteiger charge is -2.11. The Bertz CT molecular complexity index is 610. The molecule has 4 heteroatoms. The lowest BCUT2D eigenvalue weighted by molar-refractivity contribution is 0.0690. The van der Waals surface area contributed by atoms with E-state index in [1.54, 1.807) is 10.7 Å². The molecule has 1 aromatic heterocycles. The summed E-state index contributed by atoms with van der Waals surface area (Å²) in [6.45, 7) is 8.35. The summed E-state index contributed by atoms with van der Waals surface area (Å²) in [5, 5.41) is 13.3. The number of hydrogen-bond acceptors (Lipinski definition) is 2. The fraction of sp³-hybridized carbons (Fsp3) is 0.375. The van der Waals surface area contributed by atoms with Crippen LogP contribution in [0.5, 0.6) is 0 Å². The Balaban J connectivity index is 2.47. The van der Waals surface area contributed by atoms with E-state index in [1.807, 2.05) is 26.0 Å². The van der Waals surface area contributed by atoms with Crippen molar-refractivity contribution in [3.63, 3.8) is 0 Å². The highest BCUT2D eigenvalue weighted by Crippen LogP contribution is 2.22. The number of benzene rings is 1. The number of rotatable bonds is 4. The Kier molecular flexibility index (Phi) is 3.93. The highest BCUT2D eigenvalue weighted by Gasteiger charge is 2.16. The zero-order chi connectivity index (χ0) is 14.9. The number of aromatic nitrogens is 2. The molecule has 0 atom stereocenters. The molecule has 2 rings (SSSR count). The van der Waals surface area contributed by atoms with Gasteiger partial charge in [0.2, 0.25) is 0 Å². The van der Waals surface area contributed by atoms with Crippen LogP contribution in [0.25, 0.3) is 5.69 Å². The predicted octanol–water partition coefficient (Wildman–Crippen LogP) is 3.82. The zero-order valence-electron chi connectivity index (χ0n) is 12.3. The van der Waals surface area contributed by atoms with Gasteiger partial charge in [-0.25, -0.2) is 9.48 Å². The molecule has 1 N–H and O–H groups in total. The number of carbonyl (C=O) groups is 1. The van der Waals surface area contributed by atoms with Crippen LogP contribution in [0.3, 0.4) is 0 Å². The van der Waals surface area contributed by atoms with Gasteiger partial charge in [0, 0.05) is 5.69 Å². The van der Waals surface area contributed by atoms with Gasteiger partial charge in [-0.1, -0.05) is 39.8 Å². The number of hydrogen-bond donors (Lipinski definition) is 1. The average molecular weight is 272 g/mol. The summed E-state index contributed by atoms with van der Waals surface area (Å²) < 4.78 is 1.72. The van der Waals surface area contributed by atoms with E-state index in [2.05, 4.69) is 31.1 Å². The maximum atomic E-state index is 11.1. The molecule has 0 saturated heterocycles. The molecule has 1 aromatic carbocycles. The van der Waals surface area contributed by atoms with Gasteiger partial charge in [0.25, 0.3) is 0 Å². The molecule has 0 bridgehead atoms. The molecule has 0 aliphatic rings. The molecular formula is C16H20N2O2. The van der Waals surface area contributed by atoms with Crippen molar-refractivity contribution < 1.29 is 9.90 Å². The fourth-order valence-electron chi connectivity index (χ4n) is 2.12. The monoisotopic (exact) mass is 272 g/mol. The molecule has 0 aliphatic heterocycles. The van der Waals surface area contributed by atoms with Gasteiger partial charge < -0.3 is 5.11 Å². The second kappa shape index (κ2) is 5.49. The standard InChI is InChI=1S/C16H20N2O2/c1-10(2)12-5-7-13(8-6-12)18-15(11(3)4)9-14(17-18)16(19)20/h5-11H,1-4H3,(H,19,20). The van der Waals surface area contributed by atoms with Crippen molar-refractivity contribution >= 4 is 5.97 Å². The van der Waals surface area contributed by atoms with Crippen LogP contribution in [0.2, 0.25) is 0 Å². The maximum absolute atomic E-state index is 11.1. The van der Waals surface area contributed by atoms with E-state index in [1.165, 1.54) is 5.56 Å². The largest absolute Gasteiger partial charge is 0.476 e. The van der Waals surface area contributed by atoms with Gasteiger partial charge in [-0.2, -0.15) is 5.10 Å². The van der Waals surface area contributed by atoms with Crippen molar-refractivity contribution in [2.24, 2.45) is 0 Å². The van der Waals surface area contributed by atoms with Gasteiger partial charge in [0.05, 0.1) is 5.69 Å². The Morgan fingerprint density at radius 1 is 1.10 bits per heavy atom. The van der Waals surface area contributed by atoms with Gasteiger partial charge >= 0.3 is 5.97 Å². The van der Waals surface area contributed by atoms with Crippen molar-refractivity contribution in [1.29, 1.82) is 0 Å². The summed E-state index contributed by atoms with van der Waals surface area (Å²) in [6, 6.07) is 9.74. The Labute approximate surface area is 119 Å². The first-order valence-electron chi connectivity index (χ1n) is 6.83. The maximum Gasteiger partial charge on any atom is 0.356 e. The first-order valence-corrected chi connectivity index (χ1v) is 6.83. The summed E-state index contributed by atoms with van der Waals surface area (Å²) in [4.78, 5) is 11.1. The molecule has 0 aliphatic carbocycles. The summed E-state index contributed by atoms with van der Waals surface area (Å²) in [5.74, 6) is -0.314. The molecule has 0 unspecified atom stereocenters. The summed E-state index contributed by atoms with van der Waals surface area (Å²) >= 11 is 0. The molecule has 0 fully saturated rings. The van der Waals surface area contributed by atoms with Crippen LogP contribution in [0.15, 0.2) is 30.3 Å². The zero-order valence-corrected chi connectivity index (χ0v) is 12.3. The molecule has 106 valence electrons. The molecule has 20 heavy (non-hydrogen) atoms. The minimum Gasteiger partial charge on any atom is -0.476 e. The van der Waals surface area contributed by atoms with Crippen LogP contribution < -0.4 is 0 Å². The lowest BCUT2D eigenvalue weighted by atomic mass is 10.0. The molecular weight excluding hydrogens is 252 g/mol. The van der Waals surface area contributed by atoms with Crippen molar-refractivity contribution in [3.05, 3.63) is 47.3 Å². The number of carboxylic acids is 1. The molecule has 2 aromatic rings. The Morgan fingerprint density at radius 2 is 1.70 bits per heavy atom. The van der Waals surface area contributed by atoms with Gasteiger partial charge in [-0.05, 0) is 35.6 Å². The minimum absolute atomic E-state index is 0.0848. The number of carboxylic acid groups (broad SMARTS) is 1. The summed E-state index contributed by atoms with van der Waals surface area (Å²) in [7, 11) is 0. The van der Waals surface area contributed by atoms with Crippen molar-refractivity contribution in [1.82, 2.24) is 9.78 Å². The van der Waals surface area contributed by atoms with Crippen LogP contribution in [0.4, 0.5) is 0 Å². The predicted molar refractivity (Wildman–Crippen MR) is 78.7 cm³/mol. The molecule has 4 nitrogen and oxygen atoms in total. The fourth-order valence-corrected chi connectivity index (χ4v) is 2.12.